The van der Waals surface area contributed by atoms with Crippen LogP contribution in [0.5, 0.6) is 0 Å². The van der Waals surface area contributed by atoms with Gasteiger partial charge in [-0.1, -0.05) is 13.8 Å². The predicted octanol–water partition coefficient (Wildman–Crippen LogP) is 0.989. The lowest BCUT2D eigenvalue weighted by Crippen LogP contribution is -2.39. The van der Waals surface area contributed by atoms with Crippen molar-refractivity contribution < 1.29 is 8.42 Å². The second-order valence-electron chi connectivity index (χ2n) is 5.85. The van der Waals surface area contributed by atoms with Gasteiger partial charge in [0.1, 0.15) is 5.82 Å². The van der Waals surface area contributed by atoms with Gasteiger partial charge in [-0.2, -0.15) is 0 Å². The quantitative estimate of drug-likeness (QED) is 0.785. The van der Waals surface area contributed by atoms with Gasteiger partial charge in [-0.05, 0) is 25.6 Å². The van der Waals surface area contributed by atoms with E-state index in [1.165, 1.54) is 18.3 Å². The Morgan fingerprint density at radius 3 is 2.55 bits per heavy atom. The lowest BCUT2D eigenvalue weighted by Gasteiger charge is -2.28. The Kier molecular flexibility index (Phi) is 5.50. The molecule has 0 aromatic carbocycles. The third-order valence-electron chi connectivity index (χ3n) is 2.78. The van der Waals surface area contributed by atoms with E-state index in [2.05, 4.69) is 15.0 Å². The molecule has 0 bridgehead atoms. The van der Waals surface area contributed by atoms with Gasteiger partial charge < -0.3 is 10.2 Å². The van der Waals surface area contributed by atoms with Gasteiger partial charge in [0, 0.05) is 32.4 Å². The standard InChI is InChI=1S/C13H24N4O2S/c1-13(2,10-17(4)5)9-16-20(18,19)11-6-7-15-12(8-11)14-3/h6-8,16H,9-10H2,1-5H3,(H,14,15). The molecule has 114 valence electrons. The fourth-order valence-corrected chi connectivity index (χ4v) is 3.25. The van der Waals surface area contributed by atoms with Crippen molar-refractivity contribution in [3.63, 3.8) is 0 Å². The van der Waals surface area contributed by atoms with E-state index in [-0.39, 0.29) is 10.3 Å². The van der Waals surface area contributed by atoms with Crippen LogP contribution in [-0.4, -0.2) is 52.5 Å². The maximum atomic E-state index is 12.3. The fraction of sp³-hybridized carbons (Fsp3) is 0.615. The minimum Gasteiger partial charge on any atom is -0.373 e. The zero-order valence-corrected chi connectivity index (χ0v) is 13.6. The molecule has 7 heteroatoms. The summed E-state index contributed by atoms with van der Waals surface area (Å²) in [5, 5.41) is 2.83. The van der Waals surface area contributed by atoms with Crippen molar-refractivity contribution in [2.24, 2.45) is 5.41 Å². The van der Waals surface area contributed by atoms with Gasteiger partial charge in [0.05, 0.1) is 4.90 Å². The Morgan fingerprint density at radius 1 is 1.35 bits per heavy atom. The molecule has 1 heterocycles. The van der Waals surface area contributed by atoms with Crippen molar-refractivity contribution in [2.75, 3.05) is 39.5 Å². The highest BCUT2D eigenvalue weighted by atomic mass is 32.2. The molecular weight excluding hydrogens is 276 g/mol. The molecule has 0 saturated carbocycles. The van der Waals surface area contributed by atoms with Crippen LogP contribution in [0.3, 0.4) is 0 Å². The van der Waals surface area contributed by atoms with Crippen molar-refractivity contribution in [2.45, 2.75) is 18.7 Å². The summed E-state index contributed by atoms with van der Waals surface area (Å²) in [5.74, 6) is 0.528. The number of nitrogens with one attached hydrogen (secondary N) is 2. The van der Waals surface area contributed by atoms with E-state index in [1.807, 2.05) is 32.8 Å². The average Bonchev–Trinajstić information content (AvgIpc) is 2.35. The molecule has 0 saturated heterocycles. The van der Waals surface area contributed by atoms with Gasteiger partial charge in [0.15, 0.2) is 0 Å². The van der Waals surface area contributed by atoms with Crippen LogP contribution in [0.1, 0.15) is 13.8 Å². The van der Waals surface area contributed by atoms with Crippen molar-refractivity contribution >= 4 is 15.8 Å². The summed E-state index contributed by atoms with van der Waals surface area (Å²) in [7, 11) is 2.13. The van der Waals surface area contributed by atoms with Gasteiger partial charge in [-0.25, -0.2) is 18.1 Å². The van der Waals surface area contributed by atoms with E-state index in [0.717, 1.165) is 6.54 Å². The summed E-state index contributed by atoms with van der Waals surface area (Å²) in [4.78, 5) is 6.27. The van der Waals surface area contributed by atoms with E-state index in [4.69, 9.17) is 0 Å². The molecule has 6 nitrogen and oxygen atoms in total. The number of nitrogens with zero attached hydrogens (tertiary/aromatic N) is 2. The summed E-state index contributed by atoms with van der Waals surface area (Å²) < 4.78 is 27.2. The van der Waals surface area contributed by atoms with Crippen molar-refractivity contribution in [1.29, 1.82) is 0 Å². The number of anilines is 1. The van der Waals surface area contributed by atoms with Crippen LogP contribution in [0.15, 0.2) is 23.2 Å². The molecular formula is C13H24N4O2S. The van der Waals surface area contributed by atoms with E-state index in [1.54, 1.807) is 7.05 Å². The molecule has 0 aliphatic carbocycles. The third kappa shape index (κ3) is 5.07. The topological polar surface area (TPSA) is 74.3 Å². The van der Waals surface area contributed by atoms with Crippen LogP contribution in [-0.2, 0) is 10.0 Å². The molecule has 1 rings (SSSR count). The van der Waals surface area contributed by atoms with Crippen LogP contribution in [0.25, 0.3) is 0 Å². The SMILES string of the molecule is CNc1cc(S(=O)(=O)NCC(C)(C)CN(C)C)ccn1. The smallest absolute Gasteiger partial charge is 0.240 e. The van der Waals surface area contributed by atoms with Crippen LogP contribution < -0.4 is 10.0 Å². The predicted molar refractivity (Wildman–Crippen MR) is 81.3 cm³/mol. The first kappa shape index (κ1) is 16.9. The summed E-state index contributed by atoms with van der Waals surface area (Å²) in [6.07, 6.45) is 1.48. The number of sulfonamides is 1. The summed E-state index contributed by atoms with van der Waals surface area (Å²) in [5.41, 5.74) is -0.143. The largest absolute Gasteiger partial charge is 0.373 e. The molecule has 0 atom stereocenters. The Labute approximate surface area is 121 Å². The highest BCUT2D eigenvalue weighted by Crippen LogP contribution is 2.17. The second-order valence-corrected chi connectivity index (χ2v) is 7.62. The molecule has 20 heavy (non-hydrogen) atoms. The monoisotopic (exact) mass is 300 g/mol. The van der Waals surface area contributed by atoms with Crippen molar-refractivity contribution in [3.05, 3.63) is 18.3 Å². The molecule has 0 radical (unpaired) electrons. The van der Waals surface area contributed by atoms with Gasteiger partial charge in [-0.15, -0.1) is 0 Å². The third-order valence-corrected chi connectivity index (χ3v) is 4.18. The van der Waals surface area contributed by atoms with E-state index >= 15 is 0 Å². The lowest BCUT2D eigenvalue weighted by molar-refractivity contribution is 0.242. The maximum Gasteiger partial charge on any atom is 0.240 e. The first-order chi connectivity index (χ1) is 9.16. The first-order valence-electron chi connectivity index (χ1n) is 6.44. The molecule has 0 amide bonds. The highest BCUT2D eigenvalue weighted by molar-refractivity contribution is 7.89. The number of pyridine rings is 1. The van der Waals surface area contributed by atoms with Gasteiger partial charge in [-0.3, -0.25) is 0 Å². The Bertz CT molecular complexity index is 541. The van der Waals surface area contributed by atoms with E-state index in [9.17, 15) is 8.42 Å². The Balaban J connectivity index is 2.80. The average molecular weight is 300 g/mol. The molecule has 0 fully saturated rings. The minimum atomic E-state index is -3.51. The van der Waals surface area contributed by atoms with Crippen LogP contribution in [0.2, 0.25) is 0 Å². The zero-order valence-electron chi connectivity index (χ0n) is 12.8. The van der Waals surface area contributed by atoms with E-state index < -0.39 is 10.0 Å². The van der Waals surface area contributed by atoms with Crippen molar-refractivity contribution in [1.82, 2.24) is 14.6 Å². The van der Waals surface area contributed by atoms with Gasteiger partial charge >= 0.3 is 0 Å². The Hall–Kier alpha value is -1.18. The number of rotatable bonds is 7. The number of aromatic nitrogens is 1. The van der Waals surface area contributed by atoms with Crippen molar-refractivity contribution in [3.8, 4) is 0 Å². The van der Waals surface area contributed by atoms with Gasteiger partial charge in [0.2, 0.25) is 10.0 Å². The normalized spacial score (nSPS) is 12.7. The molecule has 0 unspecified atom stereocenters. The maximum absolute atomic E-state index is 12.3. The molecule has 0 aliphatic rings. The van der Waals surface area contributed by atoms with Crippen LogP contribution >= 0.6 is 0 Å². The number of hydrogen-bond donors (Lipinski definition) is 2. The van der Waals surface area contributed by atoms with E-state index in [0.29, 0.717) is 12.4 Å². The Morgan fingerprint density at radius 2 is 2.00 bits per heavy atom. The van der Waals surface area contributed by atoms with Crippen LogP contribution in [0, 0.1) is 5.41 Å². The highest BCUT2D eigenvalue weighted by Gasteiger charge is 2.23. The summed E-state index contributed by atoms with van der Waals surface area (Å²) in [6.45, 7) is 5.24. The lowest BCUT2D eigenvalue weighted by atomic mass is 9.93. The second kappa shape index (κ2) is 6.51. The zero-order chi connectivity index (χ0) is 15.4. The summed E-state index contributed by atoms with van der Waals surface area (Å²) >= 11 is 0. The number of hydrogen-bond acceptors (Lipinski definition) is 5. The minimum absolute atomic E-state index is 0.143. The molecule has 0 spiro atoms. The van der Waals surface area contributed by atoms with Crippen LogP contribution in [0.4, 0.5) is 5.82 Å². The van der Waals surface area contributed by atoms with Gasteiger partial charge in [0.25, 0.3) is 0 Å². The summed E-state index contributed by atoms with van der Waals surface area (Å²) in [6, 6.07) is 3.00. The molecule has 2 N–H and O–H groups in total. The molecule has 0 aliphatic heterocycles. The molecule has 1 aromatic rings. The first-order valence-corrected chi connectivity index (χ1v) is 7.93. The fourth-order valence-electron chi connectivity index (χ4n) is 2.00. The molecule has 1 aromatic heterocycles.